The van der Waals surface area contributed by atoms with Crippen molar-refractivity contribution >= 4 is 11.8 Å². The van der Waals surface area contributed by atoms with Crippen LogP contribution in [0.3, 0.4) is 0 Å². The average molecular weight is 276 g/mol. The van der Waals surface area contributed by atoms with E-state index in [1.807, 2.05) is 18.7 Å². The number of aliphatic hydroxyl groups is 3. The number of thioether (sulfide) groups is 1. The first kappa shape index (κ1) is 16.3. The Balaban J connectivity index is 2.48. The van der Waals surface area contributed by atoms with Crippen LogP contribution in [0.2, 0.25) is 0 Å². The molecule has 108 valence electrons. The predicted molar refractivity (Wildman–Crippen MR) is 76.8 cm³/mol. The van der Waals surface area contributed by atoms with Gasteiger partial charge in [0.1, 0.15) is 6.10 Å². The molecule has 1 aliphatic rings. The Morgan fingerprint density at radius 1 is 0.944 bits per heavy atom. The van der Waals surface area contributed by atoms with Crippen molar-refractivity contribution in [2.45, 2.75) is 64.3 Å². The van der Waals surface area contributed by atoms with Crippen LogP contribution in [-0.2, 0) is 0 Å². The highest BCUT2D eigenvalue weighted by atomic mass is 32.2. The predicted octanol–water partition coefficient (Wildman–Crippen LogP) is 2.04. The van der Waals surface area contributed by atoms with E-state index in [-0.39, 0.29) is 11.8 Å². The normalized spacial score (nSPS) is 37.5. The molecular weight excluding hydrogens is 248 g/mol. The molecular formula is C14H28O3S. The Bertz CT molecular complexity index is 225. The summed E-state index contributed by atoms with van der Waals surface area (Å²) in [6, 6.07) is 0. The van der Waals surface area contributed by atoms with Crippen LogP contribution in [0, 0.1) is 11.8 Å². The fraction of sp³-hybridized carbons (Fsp3) is 1.00. The van der Waals surface area contributed by atoms with Gasteiger partial charge in [-0.1, -0.05) is 26.7 Å². The van der Waals surface area contributed by atoms with Gasteiger partial charge in [-0.3, -0.25) is 0 Å². The first-order valence-corrected chi connectivity index (χ1v) is 8.39. The monoisotopic (exact) mass is 276 g/mol. The van der Waals surface area contributed by atoms with Gasteiger partial charge in [0.2, 0.25) is 0 Å². The zero-order valence-corrected chi connectivity index (χ0v) is 12.4. The van der Waals surface area contributed by atoms with Crippen LogP contribution in [-0.4, -0.2) is 45.1 Å². The van der Waals surface area contributed by atoms with Crippen molar-refractivity contribution < 1.29 is 15.3 Å². The van der Waals surface area contributed by atoms with Crippen molar-refractivity contribution in [3.05, 3.63) is 0 Å². The molecule has 0 bridgehead atoms. The van der Waals surface area contributed by atoms with E-state index in [0.29, 0.717) is 0 Å². The highest BCUT2D eigenvalue weighted by Crippen LogP contribution is 2.32. The Labute approximate surface area is 115 Å². The highest BCUT2D eigenvalue weighted by molar-refractivity contribution is 7.99. The molecule has 5 atom stereocenters. The molecule has 0 aliphatic heterocycles. The molecule has 0 aromatic heterocycles. The second-order valence-corrected chi connectivity index (χ2v) is 6.56. The standard InChI is InChI=1S/C14H28O3S/c1-3-5-8-18-9-11-7-6-10(4-2)12(15)14(17)13(11)16/h10-17H,3-9H2,1-2H3. The van der Waals surface area contributed by atoms with Crippen molar-refractivity contribution in [1.82, 2.24) is 0 Å². The van der Waals surface area contributed by atoms with Gasteiger partial charge in [0, 0.05) is 0 Å². The van der Waals surface area contributed by atoms with Crippen LogP contribution >= 0.6 is 11.8 Å². The van der Waals surface area contributed by atoms with E-state index in [1.54, 1.807) is 0 Å². The molecule has 5 unspecified atom stereocenters. The Hall–Kier alpha value is 0.230. The lowest BCUT2D eigenvalue weighted by Crippen LogP contribution is -2.42. The fourth-order valence-electron chi connectivity index (χ4n) is 2.64. The number of unbranched alkanes of at least 4 members (excludes halogenated alkanes) is 1. The van der Waals surface area contributed by atoms with Crippen LogP contribution in [0.15, 0.2) is 0 Å². The van der Waals surface area contributed by atoms with E-state index in [1.165, 1.54) is 12.8 Å². The zero-order valence-electron chi connectivity index (χ0n) is 11.6. The van der Waals surface area contributed by atoms with Gasteiger partial charge in [-0.25, -0.2) is 0 Å². The molecule has 0 aromatic rings. The molecule has 0 radical (unpaired) electrons. The summed E-state index contributed by atoms with van der Waals surface area (Å²) in [4.78, 5) is 0. The van der Waals surface area contributed by atoms with E-state index in [0.717, 1.165) is 30.8 Å². The van der Waals surface area contributed by atoms with Gasteiger partial charge in [0.05, 0.1) is 12.2 Å². The van der Waals surface area contributed by atoms with Crippen LogP contribution in [0.5, 0.6) is 0 Å². The third kappa shape index (κ3) is 4.41. The number of rotatable bonds is 6. The Kier molecular flexibility index (Phi) is 7.61. The van der Waals surface area contributed by atoms with Gasteiger partial charge in [-0.2, -0.15) is 11.8 Å². The van der Waals surface area contributed by atoms with Crippen molar-refractivity contribution in [2.24, 2.45) is 11.8 Å². The van der Waals surface area contributed by atoms with Crippen LogP contribution in [0.25, 0.3) is 0 Å². The molecule has 0 spiro atoms. The summed E-state index contributed by atoms with van der Waals surface area (Å²) in [6.07, 6.45) is 2.56. The summed E-state index contributed by atoms with van der Waals surface area (Å²) in [7, 11) is 0. The van der Waals surface area contributed by atoms with Gasteiger partial charge < -0.3 is 15.3 Å². The summed E-state index contributed by atoms with van der Waals surface area (Å²) < 4.78 is 0. The van der Waals surface area contributed by atoms with E-state index >= 15 is 0 Å². The van der Waals surface area contributed by atoms with E-state index < -0.39 is 18.3 Å². The lowest BCUT2D eigenvalue weighted by Gasteiger charge is -2.27. The Morgan fingerprint density at radius 2 is 1.56 bits per heavy atom. The molecule has 3 N–H and O–H groups in total. The van der Waals surface area contributed by atoms with Crippen molar-refractivity contribution in [1.29, 1.82) is 0 Å². The molecule has 1 fully saturated rings. The van der Waals surface area contributed by atoms with Crippen LogP contribution in [0.1, 0.15) is 46.0 Å². The third-order valence-electron chi connectivity index (χ3n) is 4.07. The van der Waals surface area contributed by atoms with Gasteiger partial charge >= 0.3 is 0 Å². The maximum Gasteiger partial charge on any atom is 0.106 e. The summed E-state index contributed by atoms with van der Waals surface area (Å²) >= 11 is 1.86. The van der Waals surface area contributed by atoms with Gasteiger partial charge in [-0.05, 0) is 42.6 Å². The topological polar surface area (TPSA) is 60.7 Å². The number of hydrogen-bond donors (Lipinski definition) is 3. The molecule has 3 nitrogen and oxygen atoms in total. The fourth-order valence-corrected chi connectivity index (χ4v) is 3.96. The maximum atomic E-state index is 10.1. The SMILES string of the molecule is CCCCSCC1CCC(CC)C(O)C(O)C1O. The minimum atomic E-state index is -0.978. The summed E-state index contributed by atoms with van der Waals surface area (Å²) in [5, 5.41) is 30.1. The van der Waals surface area contributed by atoms with E-state index in [9.17, 15) is 15.3 Å². The first-order chi connectivity index (χ1) is 8.61. The quantitative estimate of drug-likeness (QED) is 0.513. The number of aliphatic hydroxyl groups excluding tert-OH is 3. The first-order valence-electron chi connectivity index (χ1n) is 7.23. The van der Waals surface area contributed by atoms with Crippen molar-refractivity contribution in [2.75, 3.05) is 11.5 Å². The van der Waals surface area contributed by atoms with E-state index in [2.05, 4.69) is 6.92 Å². The van der Waals surface area contributed by atoms with Crippen LogP contribution < -0.4 is 0 Å². The van der Waals surface area contributed by atoms with E-state index in [4.69, 9.17) is 0 Å². The van der Waals surface area contributed by atoms with Crippen molar-refractivity contribution in [3.8, 4) is 0 Å². The molecule has 18 heavy (non-hydrogen) atoms. The molecule has 4 heteroatoms. The van der Waals surface area contributed by atoms with Crippen LogP contribution in [0.4, 0.5) is 0 Å². The second-order valence-electron chi connectivity index (χ2n) is 5.41. The minimum Gasteiger partial charge on any atom is -0.390 e. The zero-order chi connectivity index (χ0) is 13.5. The Morgan fingerprint density at radius 3 is 2.17 bits per heavy atom. The molecule has 1 rings (SSSR count). The number of hydrogen-bond acceptors (Lipinski definition) is 4. The van der Waals surface area contributed by atoms with Gasteiger partial charge in [-0.15, -0.1) is 0 Å². The van der Waals surface area contributed by atoms with Gasteiger partial charge in [0.25, 0.3) is 0 Å². The molecule has 0 amide bonds. The maximum absolute atomic E-state index is 10.1. The summed E-state index contributed by atoms with van der Waals surface area (Å²) in [6.45, 7) is 4.20. The smallest absolute Gasteiger partial charge is 0.106 e. The third-order valence-corrected chi connectivity index (χ3v) is 5.31. The minimum absolute atomic E-state index is 0.119. The lowest BCUT2D eigenvalue weighted by atomic mass is 9.93. The lowest BCUT2D eigenvalue weighted by molar-refractivity contribution is -0.0836. The van der Waals surface area contributed by atoms with Gasteiger partial charge in [0.15, 0.2) is 0 Å². The molecule has 1 aliphatic carbocycles. The molecule has 1 saturated carbocycles. The largest absolute Gasteiger partial charge is 0.390 e. The summed E-state index contributed by atoms with van der Waals surface area (Å²) in [5.74, 6) is 2.25. The molecule has 0 saturated heterocycles. The summed E-state index contributed by atoms with van der Waals surface area (Å²) in [5.41, 5.74) is 0. The molecule has 0 heterocycles. The second kappa shape index (κ2) is 8.41. The van der Waals surface area contributed by atoms with Crippen molar-refractivity contribution in [3.63, 3.8) is 0 Å². The highest BCUT2D eigenvalue weighted by Gasteiger charge is 2.38. The average Bonchev–Trinajstić information content (AvgIpc) is 2.48. The molecule has 0 aromatic carbocycles.